The number of benzene rings is 8. The zero-order valence-electron chi connectivity index (χ0n) is 38.4. The summed E-state index contributed by atoms with van der Waals surface area (Å²) < 4.78 is 140. The Hall–Kier alpha value is -5.92. The molecule has 9 rings (SSSR count). The van der Waals surface area contributed by atoms with Gasteiger partial charge in [-0.2, -0.15) is 0 Å². The topological polar surface area (TPSA) is 13.1 Å². The summed E-state index contributed by atoms with van der Waals surface area (Å²) in [5, 5.41) is 1.62. The molecule has 0 fully saturated rings. The lowest BCUT2D eigenvalue weighted by molar-refractivity contribution is 0.669. The van der Waals surface area contributed by atoms with Crippen LogP contribution in [-0.2, 0) is 0 Å². The Morgan fingerprint density at radius 2 is 0.778 bits per heavy atom. The third-order valence-corrected chi connectivity index (χ3v) is 7.88. The van der Waals surface area contributed by atoms with E-state index in [-0.39, 0.29) is 80.4 Å². The maximum Gasteiger partial charge on any atom is 0.136 e. The summed E-state index contributed by atoms with van der Waals surface area (Å²) in [6, 6.07) is 14.9. The van der Waals surface area contributed by atoms with Gasteiger partial charge in [0.2, 0.25) is 0 Å². The summed E-state index contributed by atoms with van der Waals surface area (Å²) >= 11 is 0. The third kappa shape index (κ3) is 4.24. The van der Waals surface area contributed by atoms with Crippen LogP contribution >= 0.6 is 0 Å². The summed E-state index contributed by atoms with van der Waals surface area (Å²) in [5.41, 5.74) is 0.00505. The van der Waals surface area contributed by atoms with Crippen molar-refractivity contribution < 1.29 is 25.0 Å². The van der Waals surface area contributed by atoms with Crippen LogP contribution < -0.4 is 0 Å². The zero-order valence-corrected chi connectivity index (χ0v) is 23.4. The van der Waals surface area contributed by atoms with Crippen LogP contribution in [0, 0.1) is 0 Å². The SMILES string of the molecule is [2H]c1c([2H])c([2H])c(-c2c([2H])c([2H])c(-c3c4ccccc4c(-c4c([2H])c([2H])c5c(oc6c([2H])c(-c7ccccc7)c([2H])c([2H])c65)c4[2H])c4ccccc34)c([2H])c2[2H])c([2H])c1[2H]. The van der Waals surface area contributed by atoms with E-state index in [2.05, 4.69) is 0 Å². The fourth-order valence-corrected chi connectivity index (χ4v) is 5.86. The second-order valence-corrected chi connectivity index (χ2v) is 10.5. The molecule has 45 heavy (non-hydrogen) atoms. The predicted molar refractivity (Wildman–Crippen MR) is 190 cm³/mol. The predicted octanol–water partition coefficient (Wildman–Crippen LogP) is 12.6. The van der Waals surface area contributed by atoms with Crippen molar-refractivity contribution in [3.8, 4) is 44.5 Å². The Labute approximate surface area is 282 Å². The van der Waals surface area contributed by atoms with E-state index < -0.39 is 65.5 Å². The van der Waals surface area contributed by atoms with Gasteiger partial charge < -0.3 is 4.42 Å². The molecule has 0 bridgehead atoms. The average molecular weight is 588 g/mol. The maximum atomic E-state index is 9.59. The zero-order chi connectivity index (χ0) is 42.8. The molecule has 1 heteroatoms. The van der Waals surface area contributed by atoms with Crippen molar-refractivity contribution >= 4 is 43.5 Å². The van der Waals surface area contributed by atoms with Crippen molar-refractivity contribution in [2.24, 2.45) is 0 Å². The van der Waals surface area contributed by atoms with Gasteiger partial charge in [0.1, 0.15) is 11.2 Å². The number of hydrogen-bond donors (Lipinski definition) is 0. The van der Waals surface area contributed by atoms with Crippen molar-refractivity contribution in [2.45, 2.75) is 0 Å². The van der Waals surface area contributed by atoms with Gasteiger partial charge in [0, 0.05) is 10.8 Å². The summed E-state index contributed by atoms with van der Waals surface area (Å²) in [4.78, 5) is 0. The molecule has 0 unspecified atom stereocenters. The van der Waals surface area contributed by atoms with Crippen LogP contribution in [0.5, 0.6) is 0 Å². The van der Waals surface area contributed by atoms with E-state index in [9.17, 15) is 6.85 Å². The second-order valence-electron chi connectivity index (χ2n) is 10.5. The fourth-order valence-electron chi connectivity index (χ4n) is 5.86. The maximum absolute atomic E-state index is 9.59. The first kappa shape index (κ1) is 14.7. The van der Waals surface area contributed by atoms with Gasteiger partial charge in [-0.3, -0.25) is 0 Å². The van der Waals surface area contributed by atoms with Gasteiger partial charge in [-0.1, -0.05) is 145 Å². The highest BCUT2D eigenvalue weighted by molar-refractivity contribution is 6.22. The normalized spacial score (nSPS) is 16.2. The van der Waals surface area contributed by atoms with E-state index in [0.717, 1.165) is 0 Å². The molecule has 0 radical (unpaired) electrons. The Morgan fingerprint density at radius 3 is 1.38 bits per heavy atom. The Balaban J connectivity index is 1.37. The Morgan fingerprint density at radius 1 is 0.333 bits per heavy atom. The lowest BCUT2D eigenvalue weighted by atomic mass is 9.85. The molecule has 0 aliphatic carbocycles. The van der Waals surface area contributed by atoms with Crippen molar-refractivity contribution in [3.63, 3.8) is 0 Å². The summed E-state index contributed by atoms with van der Waals surface area (Å²) in [6.07, 6.45) is 0. The molecule has 0 saturated carbocycles. The van der Waals surface area contributed by atoms with E-state index >= 15 is 0 Å². The first-order valence-electron chi connectivity index (χ1n) is 21.7. The largest absolute Gasteiger partial charge is 0.456 e. The lowest BCUT2D eigenvalue weighted by Crippen LogP contribution is -1.91. The van der Waals surface area contributed by atoms with Gasteiger partial charge in [-0.25, -0.2) is 0 Å². The van der Waals surface area contributed by atoms with Gasteiger partial charge in [0.05, 0.1) is 20.6 Å². The molecule has 0 aliphatic rings. The van der Waals surface area contributed by atoms with Crippen molar-refractivity contribution in [3.05, 3.63) is 169 Å². The van der Waals surface area contributed by atoms with Crippen LogP contribution in [0.4, 0.5) is 0 Å². The molecule has 0 N–H and O–H groups in total. The minimum absolute atomic E-state index is 0.00552. The van der Waals surface area contributed by atoms with Gasteiger partial charge in [-0.05, 0) is 90.2 Å². The number of fused-ring (bicyclic) bond motifs is 5. The molecule has 8 aromatic carbocycles. The molecular formula is C44H28O. The van der Waals surface area contributed by atoms with E-state index in [4.69, 9.17) is 18.1 Å². The van der Waals surface area contributed by atoms with Crippen LogP contribution in [0.15, 0.2) is 174 Å². The highest BCUT2D eigenvalue weighted by Gasteiger charge is 2.18. The van der Waals surface area contributed by atoms with Crippen LogP contribution in [0.1, 0.15) is 20.6 Å². The number of hydrogen-bond acceptors (Lipinski definition) is 1. The van der Waals surface area contributed by atoms with Gasteiger partial charge in [0.25, 0.3) is 0 Å². The van der Waals surface area contributed by atoms with Crippen LogP contribution in [0.25, 0.3) is 88.0 Å². The minimum Gasteiger partial charge on any atom is -0.456 e. The summed E-state index contributed by atoms with van der Waals surface area (Å²) in [6.45, 7) is 0. The smallest absolute Gasteiger partial charge is 0.136 e. The first-order valence-corrected chi connectivity index (χ1v) is 14.2. The van der Waals surface area contributed by atoms with E-state index in [0.29, 0.717) is 32.7 Å². The average Bonchev–Trinajstić information content (AvgIpc) is 3.67. The molecule has 0 saturated heterocycles. The van der Waals surface area contributed by atoms with Crippen LogP contribution in [0.2, 0.25) is 0 Å². The quantitative estimate of drug-likeness (QED) is 0.187. The fraction of sp³-hybridized carbons (Fsp3) is 0. The monoisotopic (exact) mass is 587 g/mol. The molecule has 210 valence electrons. The highest BCUT2D eigenvalue weighted by Crippen LogP contribution is 2.45. The molecule has 0 amide bonds. The Bertz CT molecular complexity index is 3260. The second kappa shape index (κ2) is 10.4. The van der Waals surface area contributed by atoms with Gasteiger partial charge in [-0.15, -0.1) is 0 Å². The molecule has 0 atom stereocenters. The molecular weight excluding hydrogens is 544 g/mol. The van der Waals surface area contributed by atoms with E-state index in [1.807, 2.05) is 0 Å². The standard InChI is InChI=1S/C44H28O/c1-3-11-29(12-4-1)31-19-21-32(22-20-31)43-37-15-7-9-17-39(37)44(40-18-10-8-16-38(40)43)34-24-26-36-35-25-23-33(30-13-5-2-6-14-30)27-41(35)45-42(36)28-34/h1-28H/i1D,3D,4D,11D,12D,19D,20D,21D,22D,23D,24D,25D,26D,27D,28D. The molecule has 0 spiro atoms. The van der Waals surface area contributed by atoms with E-state index in [1.54, 1.807) is 78.9 Å². The van der Waals surface area contributed by atoms with E-state index in [1.165, 1.54) is 0 Å². The Kier molecular flexibility index (Phi) is 3.39. The molecule has 0 aliphatic heterocycles. The molecule has 1 aromatic heterocycles. The van der Waals surface area contributed by atoms with Gasteiger partial charge in [0.15, 0.2) is 0 Å². The number of rotatable bonds is 4. The molecule has 1 nitrogen and oxygen atoms in total. The lowest BCUT2D eigenvalue weighted by Gasteiger charge is -2.18. The molecule has 9 aromatic rings. The first-order chi connectivity index (χ1) is 28.6. The van der Waals surface area contributed by atoms with Crippen molar-refractivity contribution in [1.82, 2.24) is 0 Å². The van der Waals surface area contributed by atoms with Crippen LogP contribution in [-0.4, -0.2) is 0 Å². The minimum atomic E-state index is -0.683. The van der Waals surface area contributed by atoms with Crippen molar-refractivity contribution in [2.75, 3.05) is 0 Å². The highest BCUT2D eigenvalue weighted by atomic mass is 16.3. The third-order valence-electron chi connectivity index (χ3n) is 7.88. The molecule has 1 heterocycles. The summed E-state index contributed by atoms with van der Waals surface area (Å²) in [7, 11) is 0. The number of furan rings is 1. The van der Waals surface area contributed by atoms with Gasteiger partial charge >= 0.3 is 0 Å². The van der Waals surface area contributed by atoms with Crippen molar-refractivity contribution in [1.29, 1.82) is 0 Å². The summed E-state index contributed by atoms with van der Waals surface area (Å²) in [5.74, 6) is 0. The van der Waals surface area contributed by atoms with Crippen LogP contribution in [0.3, 0.4) is 0 Å².